The molecule has 1 saturated heterocycles. The number of aryl methyl sites for hydroxylation is 2. The number of piperidine rings is 1. The average molecular weight is 422 g/mol. The molecule has 0 spiro atoms. The Morgan fingerprint density at radius 1 is 1.36 bits per heavy atom. The molecular weight excluding hydrogens is 398 g/mol. The maximum atomic E-state index is 11.3. The minimum absolute atomic E-state index is 0.389. The molecule has 1 aliphatic heterocycles. The average Bonchev–Trinajstić information content (AvgIpc) is 2.96. The van der Waals surface area contributed by atoms with E-state index in [1.165, 1.54) is 6.08 Å². The van der Waals surface area contributed by atoms with Gasteiger partial charge < -0.3 is 4.90 Å². The fraction of sp³-hybridized carbons (Fsp3) is 0.368. The second-order valence-corrected chi connectivity index (χ2v) is 7.88. The first kappa shape index (κ1) is 20.7. The van der Waals surface area contributed by atoms with Crippen LogP contribution in [0.3, 0.4) is 0 Å². The number of nitrogens with zero attached hydrogens (tertiary/aromatic N) is 3. The van der Waals surface area contributed by atoms with Gasteiger partial charge >= 0.3 is 0 Å². The summed E-state index contributed by atoms with van der Waals surface area (Å²) in [5.41, 5.74) is 4.57. The van der Waals surface area contributed by atoms with E-state index in [1.807, 2.05) is 32.2 Å². The van der Waals surface area contributed by atoms with E-state index in [9.17, 15) is 4.79 Å². The zero-order valence-corrected chi connectivity index (χ0v) is 17.4. The van der Waals surface area contributed by atoms with Gasteiger partial charge in [-0.1, -0.05) is 29.8 Å². The van der Waals surface area contributed by atoms with Crippen molar-refractivity contribution in [1.82, 2.24) is 20.0 Å². The molecule has 1 amide bonds. The van der Waals surface area contributed by atoms with Gasteiger partial charge in [-0.25, -0.2) is 5.48 Å². The van der Waals surface area contributed by atoms with E-state index < -0.39 is 5.91 Å². The zero-order chi connectivity index (χ0) is 20.1. The number of hydrogen-bond donors (Lipinski definition) is 3. The number of carbonyl (C=O) groups excluding carboxylic acids is 1. The molecule has 1 aliphatic rings. The summed E-state index contributed by atoms with van der Waals surface area (Å²) in [6, 6.07) is 8.33. The van der Waals surface area contributed by atoms with E-state index in [1.54, 1.807) is 28.2 Å². The summed E-state index contributed by atoms with van der Waals surface area (Å²) in [5, 5.41) is 13.6. The van der Waals surface area contributed by atoms with Gasteiger partial charge in [0.05, 0.1) is 10.6 Å². The quantitative estimate of drug-likeness (QED) is 0.287. The first-order chi connectivity index (χ1) is 13.5. The molecule has 2 aromatic rings. The standard InChI is InChI=1S/C19H24ClN5O2S/c1-13-18(19(20)24(2)21-13)28-23-15-9-11-25(12-10-15)16-6-4-3-5-14(16)7-8-17(26)22-27/h3-8,15,23,27H,9-12H2,1-2H3,(H,22,26)/b8-7+. The number of para-hydroxylation sites is 1. The van der Waals surface area contributed by atoms with Crippen molar-refractivity contribution >= 4 is 41.2 Å². The molecule has 150 valence electrons. The van der Waals surface area contributed by atoms with Gasteiger partial charge in [0.15, 0.2) is 0 Å². The smallest absolute Gasteiger partial charge is 0.267 e. The van der Waals surface area contributed by atoms with E-state index in [-0.39, 0.29) is 0 Å². The Morgan fingerprint density at radius 3 is 2.71 bits per heavy atom. The highest BCUT2D eigenvalue weighted by atomic mass is 35.5. The molecule has 0 bridgehead atoms. The van der Waals surface area contributed by atoms with Crippen LogP contribution in [0.4, 0.5) is 5.69 Å². The molecule has 0 unspecified atom stereocenters. The summed E-state index contributed by atoms with van der Waals surface area (Å²) in [7, 11) is 1.84. The van der Waals surface area contributed by atoms with Crippen LogP contribution in [0.2, 0.25) is 5.15 Å². The molecule has 2 heterocycles. The zero-order valence-electron chi connectivity index (χ0n) is 15.9. The third-order valence-corrected chi connectivity index (χ3v) is 6.41. The SMILES string of the molecule is Cc1nn(C)c(Cl)c1SNC1CCN(c2ccccc2/C=C/C(=O)NO)CC1. The summed E-state index contributed by atoms with van der Waals surface area (Å²) < 4.78 is 5.21. The van der Waals surface area contributed by atoms with Crippen LogP contribution >= 0.6 is 23.5 Å². The van der Waals surface area contributed by atoms with E-state index in [4.69, 9.17) is 16.8 Å². The molecule has 0 saturated carbocycles. The Labute approximate surface area is 173 Å². The van der Waals surface area contributed by atoms with Gasteiger partial charge in [0.25, 0.3) is 5.91 Å². The summed E-state index contributed by atoms with van der Waals surface area (Å²) in [6.07, 6.45) is 5.04. The lowest BCUT2D eigenvalue weighted by Crippen LogP contribution is -2.40. The van der Waals surface area contributed by atoms with E-state index in [2.05, 4.69) is 20.8 Å². The van der Waals surface area contributed by atoms with Crippen molar-refractivity contribution in [3.05, 3.63) is 46.8 Å². The minimum Gasteiger partial charge on any atom is -0.371 e. The highest BCUT2D eigenvalue weighted by Gasteiger charge is 2.22. The number of hydroxylamine groups is 1. The Bertz CT molecular complexity index is 862. The van der Waals surface area contributed by atoms with Crippen LogP contribution < -0.4 is 15.1 Å². The van der Waals surface area contributed by atoms with Crippen LogP contribution in [0.5, 0.6) is 0 Å². The first-order valence-corrected chi connectivity index (χ1v) is 10.3. The van der Waals surface area contributed by atoms with Crippen molar-refractivity contribution in [1.29, 1.82) is 0 Å². The third kappa shape index (κ3) is 4.88. The second kappa shape index (κ2) is 9.47. The molecule has 1 fully saturated rings. The summed E-state index contributed by atoms with van der Waals surface area (Å²) in [5.74, 6) is -0.543. The van der Waals surface area contributed by atoms with Crippen molar-refractivity contribution < 1.29 is 10.0 Å². The second-order valence-electron chi connectivity index (χ2n) is 6.68. The Balaban J connectivity index is 1.58. The first-order valence-electron chi connectivity index (χ1n) is 9.07. The monoisotopic (exact) mass is 421 g/mol. The van der Waals surface area contributed by atoms with Crippen molar-refractivity contribution in [2.45, 2.75) is 30.7 Å². The predicted octanol–water partition coefficient (Wildman–Crippen LogP) is 3.17. The molecule has 28 heavy (non-hydrogen) atoms. The lowest BCUT2D eigenvalue weighted by Gasteiger charge is -2.34. The van der Waals surface area contributed by atoms with Crippen LogP contribution in [0, 0.1) is 6.92 Å². The van der Waals surface area contributed by atoms with Crippen LogP contribution in [-0.4, -0.2) is 40.0 Å². The predicted molar refractivity (Wildman–Crippen MR) is 113 cm³/mol. The van der Waals surface area contributed by atoms with Gasteiger partial charge in [-0.05, 0) is 49.4 Å². The number of carbonyl (C=O) groups is 1. The number of hydrogen-bond acceptors (Lipinski definition) is 6. The molecule has 9 heteroatoms. The maximum absolute atomic E-state index is 11.3. The number of aromatic nitrogens is 2. The highest BCUT2D eigenvalue weighted by Crippen LogP contribution is 2.30. The van der Waals surface area contributed by atoms with Crippen molar-refractivity contribution in [3.8, 4) is 0 Å². The van der Waals surface area contributed by atoms with Crippen molar-refractivity contribution in [2.75, 3.05) is 18.0 Å². The summed E-state index contributed by atoms with van der Waals surface area (Å²) >= 11 is 7.85. The van der Waals surface area contributed by atoms with Gasteiger partial charge in [-0.2, -0.15) is 5.10 Å². The number of nitrogens with one attached hydrogen (secondary N) is 2. The van der Waals surface area contributed by atoms with Crippen LogP contribution in [0.15, 0.2) is 35.2 Å². The molecule has 7 nitrogen and oxygen atoms in total. The Morgan fingerprint density at radius 2 is 2.07 bits per heavy atom. The Hall–Kier alpha value is -2.00. The highest BCUT2D eigenvalue weighted by molar-refractivity contribution is 7.97. The van der Waals surface area contributed by atoms with E-state index in [0.29, 0.717) is 11.2 Å². The maximum Gasteiger partial charge on any atom is 0.267 e. The van der Waals surface area contributed by atoms with Gasteiger partial charge in [0.1, 0.15) is 5.15 Å². The summed E-state index contributed by atoms with van der Waals surface area (Å²) in [4.78, 5) is 14.6. The molecule has 0 radical (unpaired) electrons. The van der Waals surface area contributed by atoms with Crippen molar-refractivity contribution in [2.24, 2.45) is 7.05 Å². The van der Waals surface area contributed by atoms with Crippen molar-refractivity contribution in [3.63, 3.8) is 0 Å². The number of halogens is 1. The van der Waals surface area contributed by atoms with E-state index >= 15 is 0 Å². The molecule has 0 atom stereocenters. The topological polar surface area (TPSA) is 82.4 Å². The molecule has 1 aromatic carbocycles. The fourth-order valence-electron chi connectivity index (χ4n) is 3.23. The summed E-state index contributed by atoms with van der Waals surface area (Å²) in [6.45, 7) is 3.78. The minimum atomic E-state index is -0.543. The number of amides is 1. The Kier molecular flexibility index (Phi) is 7.01. The fourth-order valence-corrected chi connectivity index (χ4v) is 4.44. The number of rotatable bonds is 6. The third-order valence-electron chi connectivity index (χ3n) is 4.72. The number of benzene rings is 1. The normalized spacial score (nSPS) is 15.4. The van der Waals surface area contributed by atoms with Gasteiger partial charge in [-0.15, -0.1) is 0 Å². The molecule has 3 N–H and O–H groups in total. The molecule has 0 aliphatic carbocycles. The molecular formula is C19H24ClN5O2S. The largest absolute Gasteiger partial charge is 0.371 e. The lowest BCUT2D eigenvalue weighted by atomic mass is 10.0. The van der Waals surface area contributed by atoms with Crippen LogP contribution in [-0.2, 0) is 11.8 Å². The van der Waals surface area contributed by atoms with Gasteiger partial charge in [0, 0.05) is 37.9 Å². The van der Waals surface area contributed by atoms with E-state index in [0.717, 1.165) is 47.8 Å². The lowest BCUT2D eigenvalue weighted by molar-refractivity contribution is -0.124. The molecule has 3 rings (SSSR count). The number of anilines is 1. The van der Waals surface area contributed by atoms with Gasteiger partial charge in [-0.3, -0.25) is 19.4 Å². The van der Waals surface area contributed by atoms with Crippen LogP contribution in [0.1, 0.15) is 24.1 Å². The van der Waals surface area contributed by atoms with Crippen LogP contribution in [0.25, 0.3) is 6.08 Å². The molecule has 1 aromatic heterocycles. The van der Waals surface area contributed by atoms with Gasteiger partial charge in [0.2, 0.25) is 0 Å².